The Morgan fingerprint density at radius 2 is 1.90 bits per heavy atom. The van der Waals surface area contributed by atoms with Crippen LogP contribution >= 0.6 is 0 Å². The molecule has 2 heterocycles. The Kier molecular flexibility index (Phi) is 5.46. The first-order valence-electron chi connectivity index (χ1n) is 9.79. The molecular weight excluding hydrogens is 368 g/mol. The van der Waals surface area contributed by atoms with E-state index >= 15 is 0 Å². The van der Waals surface area contributed by atoms with Crippen molar-refractivity contribution in [3.05, 3.63) is 64.6 Å². The van der Waals surface area contributed by atoms with Gasteiger partial charge in [0.1, 0.15) is 11.4 Å². The Labute approximate surface area is 168 Å². The molecule has 0 saturated carbocycles. The fourth-order valence-corrected chi connectivity index (χ4v) is 3.64. The smallest absolute Gasteiger partial charge is 0.270 e. The van der Waals surface area contributed by atoms with Crippen LogP contribution in [0.5, 0.6) is 5.75 Å². The van der Waals surface area contributed by atoms with Crippen LogP contribution in [0.1, 0.15) is 12.1 Å². The summed E-state index contributed by atoms with van der Waals surface area (Å²) in [6.07, 6.45) is 0.628. The maximum Gasteiger partial charge on any atom is 0.270 e. The molecule has 150 valence electrons. The average molecular weight is 392 g/mol. The Hall–Kier alpha value is -3.35. The largest absolute Gasteiger partial charge is 0.497 e. The molecule has 1 saturated heterocycles. The lowest BCUT2D eigenvalue weighted by Crippen LogP contribution is -2.48. The van der Waals surface area contributed by atoms with E-state index in [1.807, 2.05) is 47.4 Å². The molecule has 0 radical (unpaired) electrons. The van der Waals surface area contributed by atoms with Crippen molar-refractivity contribution in [3.8, 4) is 5.75 Å². The van der Waals surface area contributed by atoms with E-state index in [1.165, 1.54) is 0 Å². The predicted octanol–water partition coefficient (Wildman–Crippen LogP) is 2.21. The third-order valence-corrected chi connectivity index (χ3v) is 5.30. The summed E-state index contributed by atoms with van der Waals surface area (Å²) in [5.41, 5.74) is 2.73. The lowest BCUT2D eigenvalue weighted by atomic mass is 10.2. The third kappa shape index (κ3) is 4.23. The first kappa shape index (κ1) is 19.0. The number of aromatic nitrogens is 2. The topological polar surface area (TPSA) is 78.5 Å². The lowest BCUT2D eigenvalue weighted by Gasteiger charge is -2.36. The van der Waals surface area contributed by atoms with Gasteiger partial charge in [0.2, 0.25) is 5.91 Å². The zero-order valence-corrected chi connectivity index (χ0v) is 16.4. The molecule has 2 aromatic carbocycles. The number of benzene rings is 2. The van der Waals surface area contributed by atoms with E-state index in [4.69, 9.17) is 4.74 Å². The van der Waals surface area contributed by atoms with Gasteiger partial charge in [-0.05, 0) is 24.3 Å². The van der Waals surface area contributed by atoms with Crippen molar-refractivity contribution in [2.75, 3.05) is 38.2 Å². The minimum absolute atomic E-state index is 0.0599. The van der Waals surface area contributed by atoms with Gasteiger partial charge in [-0.15, -0.1) is 0 Å². The number of ether oxygens (including phenoxy) is 1. The van der Waals surface area contributed by atoms with E-state index in [0.717, 1.165) is 30.0 Å². The van der Waals surface area contributed by atoms with Crippen LogP contribution in [0.15, 0.2) is 53.3 Å². The zero-order valence-electron chi connectivity index (χ0n) is 16.4. The Bertz CT molecular complexity index is 1070. The van der Waals surface area contributed by atoms with Gasteiger partial charge >= 0.3 is 0 Å². The molecule has 0 bridgehead atoms. The summed E-state index contributed by atoms with van der Waals surface area (Å²) in [5, 5.41) is 0. The van der Waals surface area contributed by atoms with Crippen LogP contribution in [0.3, 0.4) is 0 Å². The van der Waals surface area contributed by atoms with E-state index in [9.17, 15) is 9.59 Å². The van der Waals surface area contributed by atoms with Crippen LogP contribution < -0.4 is 15.2 Å². The number of para-hydroxylation sites is 2. The van der Waals surface area contributed by atoms with Gasteiger partial charge in [-0.25, -0.2) is 4.98 Å². The Morgan fingerprint density at radius 3 is 2.69 bits per heavy atom. The van der Waals surface area contributed by atoms with Gasteiger partial charge in [-0.2, -0.15) is 0 Å². The molecule has 3 aromatic rings. The van der Waals surface area contributed by atoms with Gasteiger partial charge < -0.3 is 19.5 Å². The van der Waals surface area contributed by atoms with Gasteiger partial charge in [0.05, 0.1) is 18.1 Å². The number of aromatic amines is 1. The summed E-state index contributed by atoms with van der Waals surface area (Å²) in [7, 11) is 1.66. The second-order valence-electron chi connectivity index (χ2n) is 7.10. The molecular formula is C22H24N4O3. The summed E-state index contributed by atoms with van der Waals surface area (Å²) in [6.45, 7) is 2.87. The highest BCUT2D eigenvalue weighted by atomic mass is 16.5. The molecule has 0 atom stereocenters. The van der Waals surface area contributed by atoms with Gasteiger partial charge in [0.25, 0.3) is 5.56 Å². The van der Waals surface area contributed by atoms with Crippen LogP contribution in [-0.4, -0.2) is 54.1 Å². The number of rotatable bonds is 5. The molecule has 1 fully saturated rings. The number of aryl methyl sites for hydroxylation is 1. The number of carbonyl (C=O) groups excluding carboxylic acids is 1. The van der Waals surface area contributed by atoms with Crippen molar-refractivity contribution in [2.24, 2.45) is 0 Å². The number of nitrogens with zero attached hydrogens (tertiary/aromatic N) is 3. The number of hydrogen-bond acceptors (Lipinski definition) is 5. The summed E-state index contributed by atoms with van der Waals surface area (Å²) >= 11 is 0. The SMILES string of the molecule is COc1cccc(N2CCN(C(=O)CCc3nc4ccccc4[nH]c3=O)CC2)c1. The van der Waals surface area contributed by atoms with Gasteiger partial charge in [-0.3, -0.25) is 9.59 Å². The quantitative estimate of drug-likeness (QED) is 0.720. The highest BCUT2D eigenvalue weighted by molar-refractivity contribution is 5.77. The van der Waals surface area contributed by atoms with E-state index < -0.39 is 0 Å². The zero-order chi connectivity index (χ0) is 20.2. The summed E-state index contributed by atoms with van der Waals surface area (Å²) in [4.78, 5) is 36.2. The monoisotopic (exact) mass is 392 g/mol. The van der Waals surface area contributed by atoms with Gasteiger partial charge in [0.15, 0.2) is 0 Å². The van der Waals surface area contributed by atoms with Crippen molar-refractivity contribution >= 4 is 22.6 Å². The van der Waals surface area contributed by atoms with Crippen LogP contribution in [0.2, 0.25) is 0 Å². The Morgan fingerprint density at radius 1 is 1.10 bits per heavy atom. The molecule has 1 amide bonds. The molecule has 1 N–H and O–H groups in total. The summed E-state index contributed by atoms with van der Waals surface area (Å²) in [5.74, 6) is 0.888. The second-order valence-corrected chi connectivity index (χ2v) is 7.10. The van der Waals surface area contributed by atoms with Crippen molar-refractivity contribution < 1.29 is 9.53 Å². The van der Waals surface area contributed by atoms with E-state index in [2.05, 4.69) is 20.9 Å². The fraction of sp³-hybridized carbons (Fsp3) is 0.318. The van der Waals surface area contributed by atoms with Crippen LogP contribution in [0.25, 0.3) is 11.0 Å². The predicted molar refractivity (Wildman–Crippen MR) is 112 cm³/mol. The van der Waals surface area contributed by atoms with Gasteiger partial charge in [0, 0.05) is 50.8 Å². The molecule has 1 aromatic heterocycles. The van der Waals surface area contributed by atoms with E-state index in [1.54, 1.807) is 7.11 Å². The summed E-state index contributed by atoms with van der Waals surface area (Å²) < 4.78 is 5.29. The minimum Gasteiger partial charge on any atom is -0.497 e. The number of nitrogens with one attached hydrogen (secondary N) is 1. The normalized spacial score (nSPS) is 14.2. The number of H-pyrrole nitrogens is 1. The molecule has 4 rings (SSSR count). The van der Waals surface area contributed by atoms with E-state index in [0.29, 0.717) is 30.7 Å². The van der Waals surface area contributed by atoms with Crippen molar-refractivity contribution in [3.63, 3.8) is 0 Å². The highest BCUT2D eigenvalue weighted by Gasteiger charge is 2.21. The molecule has 29 heavy (non-hydrogen) atoms. The van der Waals surface area contributed by atoms with Crippen molar-refractivity contribution in [2.45, 2.75) is 12.8 Å². The number of hydrogen-bond donors (Lipinski definition) is 1. The van der Waals surface area contributed by atoms with Crippen LogP contribution in [0.4, 0.5) is 5.69 Å². The first-order chi connectivity index (χ1) is 14.1. The van der Waals surface area contributed by atoms with Crippen molar-refractivity contribution in [1.29, 1.82) is 0 Å². The number of amides is 1. The number of fused-ring (bicyclic) bond motifs is 1. The van der Waals surface area contributed by atoms with Crippen LogP contribution in [0, 0.1) is 0 Å². The molecule has 0 spiro atoms. The molecule has 7 nitrogen and oxygen atoms in total. The molecule has 0 aliphatic carbocycles. The Balaban J connectivity index is 1.34. The second kappa shape index (κ2) is 8.34. The number of carbonyl (C=O) groups is 1. The standard InChI is InChI=1S/C22H24N4O3/c1-29-17-6-4-5-16(15-17)25-11-13-26(14-12-25)21(27)10-9-20-22(28)24-19-8-3-2-7-18(19)23-20/h2-8,15H,9-14H2,1H3,(H,24,28). The number of piperazine rings is 1. The average Bonchev–Trinajstić information content (AvgIpc) is 2.77. The summed E-state index contributed by atoms with van der Waals surface area (Å²) in [6, 6.07) is 15.4. The molecule has 7 heteroatoms. The highest BCUT2D eigenvalue weighted by Crippen LogP contribution is 2.22. The number of methoxy groups -OCH3 is 1. The maximum absolute atomic E-state index is 12.6. The lowest BCUT2D eigenvalue weighted by molar-refractivity contribution is -0.131. The molecule has 1 aliphatic heterocycles. The van der Waals surface area contributed by atoms with Crippen LogP contribution in [-0.2, 0) is 11.2 Å². The maximum atomic E-state index is 12.6. The third-order valence-electron chi connectivity index (χ3n) is 5.30. The first-order valence-corrected chi connectivity index (χ1v) is 9.79. The molecule has 0 unspecified atom stereocenters. The van der Waals surface area contributed by atoms with Gasteiger partial charge in [-0.1, -0.05) is 18.2 Å². The fourth-order valence-electron chi connectivity index (χ4n) is 3.64. The van der Waals surface area contributed by atoms with Crippen molar-refractivity contribution in [1.82, 2.24) is 14.9 Å². The van der Waals surface area contributed by atoms with E-state index in [-0.39, 0.29) is 17.9 Å². The minimum atomic E-state index is -0.223. The number of anilines is 1. The molecule has 1 aliphatic rings.